The second-order valence-corrected chi connectivity index (χ2v) is 6.25. The third-order valence-electron chi connectivity index (χ3n) is 2.99. The summed E-state index contributed by atoms with van der Waals surface area (Å²) < 4.78 is 2.36. The van der Waals surface area contributed by atoms with Gasteiger partial charge in [-0.1, -0.05) is 0 Å². The van der Waals surface area contributed by atoms with Crippen LogP contribution in [-0.2, 0) is 13.6 Å². The number of H-pyrrole nitrogens is 1. The lowest BCUT2D eigenvalue weighted by atomic mass is 10.1. The molecule has 104 valence electrons. The summed E-state index contributed by atoms with van der Waals surface area (Å²) in [6.07, 6.45) is 2.18. The largest absolute Gasteiger partial charge is 0.330 e. The first-order valence-electron chi connectivity index (χ1n) is 5.84. The van der Waals surface area contributed by atoms with E-state index in [1.54, 1.807) is 13.2 Å². The van der Waals surface area contributed by atoms with E-state index in [0.29, 0.717) is 29.8 Å². The van der Waals surface area contributed by atoms with Crippen molar-refractivity contribution in [2.24, 2.45) is 7.05 Å². The quantitative estimate of drug-likeness (QED) is 0.717. The van der Waals surface area contributed by atoms with Gasteiger partial charge in [0.25, 0.3) is 5.56 Å². The van der Waals surface area contributed by atoms with E-state index in [9.17, 15) is 9.59 Å². The van der Waals surface area contributed by atoms with Crippen LogP contribution in [0.2, 0.25) is 0 Å². The number of aryl methyl sites for hydroxylation is 1. The van der Waals surface area contributed by atoms with Crippen LogP contribution in [0.1, 0.15) is 13.3 Å². The van der Waals surface area contributed by atoms with Gasteiger partial charge < -0.3 is 0 Å². The first kappa shape index (κ1) is 14.3. The molecule has 2 heterocycles. The zero-order valence-corrected chi connectivity index (χ0v) is 12.5. The highest BCUT2D eigenvalue weighted by Crippen LogP contribution is 2.20. The minimum absolute atomic E-state index is 0.305. The van der Waals surface area contributed by atoms with Crippen molar-refractivity contribution in [1.82, 2.24) is 19.3 Å². The highest BCUT2D eigenvalue weighted by atomic mass is 32.1. The molecule has 1 atom stereocenters. The van der Waals surface area contributed by atoms with Gasteiger partial charge in [0.15, 0.2) is 5.65 Å². The highest BCUT2D eigenvalue weighted by Gasteiger charge is 2.18. The molecule has 2 aromatic heterocycles. The van der Waals surface area contributed by atoms with Crippen molar-refractivity contribution >= 4 is 36.3 Å². The Morgan fingerprint density at radius 3 is 2.79 bits per heavy atom. The Morgan fingerprint density at radius 1 is 1.47 bits per heavy atom. The minimum Gasteiger partial charge on any atom is -0.290 e. The normalized spacial score (nSPS) is 14.7. The molecule has 2 rings (SSSR count). The Balaban J connectivity index is 2.44. The summed E-state index contributed by atoms with van der Waals surface area (Å²) in [6.45, 7) is 2.23. The van der Waals surface area contributed by atoms with E-state index in [2.05, 4.69) is 35.3 Å². The predicted octanol–water partition coefficient (Wildman–Crippen LogP) is 0.432. The van der Waals surface area contributed by atoms with Crippen molar-refractivity contribution in [3.05, 3.63) is 27.0 Å². The van der Waals surface area contributed by atoms with Gasteiger partial charge in [-0.25, -0.2) is 4.79 Å². The summed E-state index contributed by atoms with van der Waals surface area (Å²) in [7, 11) is 1.70. The molecular formula is C11H16N4O2S2. The van der Waals surface area contributed by atoms with Crippen molar-refractivity contribution in [2.45, 2.75) is 24.6 Å². The summed E-state index contributed by atoms with van der Waals surface area (Å²) in [6, 6.07) is 0. The third kappa shape index (κ3) is 2.89. The van der Waals surface area contributed by atoms with Crippen LogP contribution < -0.4 is 11.2 Å². The van der Waals surface area contributed by atoms with Crippen LogP contribution in [0.5, 0.6) is 0 Å². The van der Waals surface area contributed by atoms with Crippen molar-refractivity contribution in [3.8, 4) is 0 Å². The molecule has 0 aromatic carbocycles. The Morgan fingerprint density at radius 2 is 2.16 bits per heavy atom. The predicted molar refractivity (Wildman–Crippen MR) is 81.5 cm³/mol. The molecule has 0 amide bonds. The lowest BCUT2D eigenvalue weighted by Gasteiger charge is -2.20. The fraction of sp³-hybridized carbons (Fsp3) is 0.545. The molecule has 0 fully saturated rings. The van der Waals surface area contributed by atoms with E-state index in [-0.39, 0.29) is 10.3 Å². The summed E-state index contributed by atoms with van der Waals surface area (Å²) in [5, 5.41) is 4.43. The SMILES string of the molecule is Cn1cc2c(=O)n(CC[C@@](C)(S)CS)c(=O)[nH]c2n1. The smallest absolute Gasteiger partial charge is 0.290 e. The van der Waals surface area contributed by atoms with Gasteiger partial charge in [-0.3, -0.25) is 19.0 Å². The molecule has 1 N–H and O–H groups in total. The molecule has 6 nitrogen and oxygen atoms in total. The number of hydrogen-bond acceptors (Lipinski definition) is 5. The van der Waals surface area contributed by atoms with Gasteiger partial charge in [-0.2, -0.15) is 30.4 Å². The molecule has 0 radical (unpaired) electrons. The topological polar surface area (TPSA) is 72.7 Å². The van der Waals surface area contributed by atoms with Gasteiger partial charge in [0.1, 0.15) is 5.39 Å². The molecule has 8 heteroatoms. The Bertz CT molecular complexity index is 714. The first-order chi connectivity index (χ1) is 8.84. The average Bonchev–Trinajstić information content (AvgIpc) is 2.69. The van der Waals surface area contributed by atoms with E-state index in [0.717, 1.165) is 0 Å². The second-order valence-electron chi connectivity index (χ2n) is 4.86. The van der Waals surface area contributed by atoms with Gasteiger partial charge in [0.05, 0.1) is 0 Å². The van der Waals surface area contributed by atoms with Crippen molar-refractivity contribution in [2.75, 3.05) is 5.75 Å². The van der Waals surface area contributed by atoms with E-state index in [4.69, 9.17) is 0 Å². The number of rotatable bonds is 4. The molecule has 0 bridgehead atoms. The van der Waals surface area contributed by atoms with Gasteiger partial charge in [-0.05, 0) is 13.3 Å². The van der Waals surface area contributed by atoms with Crippen LogP contribution in [0.25, 0.3) is 11.0 Å². The lowest BCUT2D eigenvalue weighted by Crippen LogP contribution is -2.37. The first-order valence-corrected chi connectivity index (χ1v) is 6.92. The van der Waals surface area contributed by atoms with Gasteiger partial charge in [0.2, 0.25) is 0 Å². The number of aromatic amines is 1. The molecule has 0 aliphatic rings. The maximum Gasteiger partial charge on any atom is 0.330 e. The molecule has 2 aromatic rings. The molecule has 0 aliphatic carbocycles. The Labute approximate surface area is 120 Å². The van der Waals surface area contributed by atoms with E-state index < -0.39 is 5.69 Å². The molecule has 0 aliphatic heterocycles. The monoisotopic (exact) mass is 300 g/mol. The lowest BCUT2D eigenvalue weighted by molar-refractivity contribution is 0.535. The summed E-state index contributed by atoms with van der Waals surface area (Å²) in [5.41, 5.74) is -0.453. The fourth-order valence-corrected chi connectivity index (χ4v) is 2.04. The maximum atomic E-state index is 12.2. The van der Waals surface area contributed by atoms with Gasteiger partial charge in [0, 0.05) is 30.3 Å². The van der Waals surface area contributed by atoms with E-state index >= 15 is 0 Å². The van der Waals surface area contributed by atoms with Gasteiger partial charge in [-0.15, -0.1) is 0 Å². The van der Waals surface area contributed by atoms with E-state index in [1.165, 1.54) is 9.25 Å². The summed E-state index contributed by atoms with van der Waals surface area (Å²) in [4.78, 5) is 26.7. The standard InChI is InChI=1S/C11H16N4O2S2/c1-11(19,6-18)3-4-15-9(16)7-5-14(2)13-8(7)12-10(15)17/h5,18-19H,3-4,6H2,1-2H3,(H,12,13,17)/t11-/m1/s1. The summed E-state index contributed by atoms with van der Waals surface area (Å²) in [5.74, 6) is 0.567. The van der Waals surface area contributed by atoms with Crippen LogP contribution in [-0.4, -0.2) is 29.8 Å². The molecule has 0 unspecified atom stereocenters. The molecule has 19 heavy (non-hydrogen) atoms. The number of nitrogens with zero attached hydrogens (tertiary/aromatic N) is 3. The minimum atomic E-state index is -0.445. The number of thiol groups is 2. The zero-order chi connectivity index (χ0) is 14.2. The number of nitrogens with one attached hydrogen (secondary N) is 1. The molecule has 0 spiro atoms. The molecular weight excluding hydrogens is 284 g/mol. The number of fused-ring (bicyclic) bond motifs is 1. The number of hydrogen-bond donors (Lipinski definition) is 3. The van der Waals surface area contributed by atoms with Crippen molar-refractivity contribution < 1.29 is 0 Å². The van der Waals surface area contributed by atoms with Crippen LogP contribution in [0, 0.1) is 0 Å². The maximum absolute atomic E-state index is 12.2. The second kappa shape index (κ2) is 5.09. The summed E-state index contributed by atoms with van der Waals surface area (Å²) >= 11 is 8.64. The number of aromatic nitrogens is 4. The van der Waals surface area contributed by atoms with Gasteiger partial charge >= 0.3 is 5.69 Å². The Hall–Kier alpha value is -1.15. The molecule has 0 saturated carbocycles. The average molecular weight is 300 g/mol. The van der Waals surface area contributed by atoms with Crippen LogP contribution >= 0.6 is 25.3 Å². The van der Waals surface area contributed by atoms with E-state index in [1.807, 2.05) is 6.92 Å². The van der Waals surface area contributed by atoms with Crippen LogP contribution in [0.15, 0.2) is 15.8 Å². The molecule has 0 saturated heterocycles. The van der Waals surface area contributed by atoms with Crippen LogP contribution in [0.4, 0.5) is 0 Å². The third-order valence-corrected chi connectivity index (χ3v) is 4.32. The van der Waals surface area contributed by atoms with Crippen molar-refractivity contribution in [3.63, 3.8) is 0 Å². The van der Waals surface area contributed by atoms with Crippen molar-refractivity contribution in [1.29, 1.82) is 0 Å². The Kier molecular flexibility index (Phi) is 3.82. The highest BCUT2D eigenvalue weighted by molar-refractivity contribution is 7.85. The zero-order valence-electron chi connectivity index (χ0n) is 10.8. The fourth-order valence-electron chi connectivity index (χ4n) is 1.78. The van der Waals surface area contributed by atoms with Crippen LogP contribution in [0.3, 0.4) is 0 Å².